The second-order valence-electron chi connectivity index (χ2n) is 4.75. The van der Waals surface area contributed by atoms with E-state index in [1.54, 1.807) is 0 Å². The standard InChI is InChI=1S/C16H16O2/c17-16(11-15-12-18-15,13-7-3-1-4-8-13)14-9-5-2-6-10-14/h1-10,15,17H,11-12H2. The van der Waals surface area contributed by atoms with Crippen LogP contribution in [-0.2, 0) is 10.3 Å². The Balaban J connectivity index is 2.03. The summed E-state index contributed by atoms with van der Waals surface area (Å²) in [4.78, 5) is 0. The molecule has 0 radical (unpaired) electrons. The second-order valence-corrected chi connectivity index (χ2v) is 4.75. The lowest BCUT2D eigenvalue weighted by Gasteiger charge is -2.28. The number of ether oxygens (including phenoxy) is 1. The maximum atomic E-state index is 11.1. The van der Waals surface area contributed by atoms with Gasteiger partial charge >= 0.3 is 0 Å². The maximum Gasteiger partial charge on any atom is 0.117 e. The van der Waals surface area contributed by atoms with Crippen LogP contribution in [0, 0.1) is 0 Å². The molecule has 2 aromatic carbocycles. The summed E-state index contributed by atoms with van der Waals surface area (Å²) >= 11 is 0. The lowest BCUT2D eigenvalue weighted by molar-refractivity contribution is 0.0621. The first kappa shape index (κ1) is 11.5. The minimum atomic E-state index is -0.955. The Hall–Kier alpha value is -1.64. The molecule has 0 aromatic heterocycles. The van der Waals surface area contributed by atoms with Crippen LogP contribution in [0.3, 0.4) is 0 Å². The molecular formula is C16H16O2. The van der Waals surface area contributed by atoms with E-state index in [9.17, 15) is 5.11 Å². The van der Waals surface area contributed by atoms with Crippen LogP contribution in [0.4, 0.5) is 0 Å². The molecular weight excluding hydrogens is 224 g/mol. The van der Waals surface area contributed by atoms with Gasteiger partial charge in [-0.3, -0.25) is 0 Å². The molecule has 1 atom stereocenters. The fraction of sp³-hybridized carbons (Fsp3) is 0.250. The highest BCUT2D eigenvalue weighted by atomic mass is 16.6. The van der Waals surface area contributed by atoms with Crippen molar-refractivity contribution in [3.63, 3.8) is 0 Å². The van der Waals surface area contributed by atoms with E-state index in [2.05, 4.69) is 0 Å². The van der Waals surface area contributed by atoms with Crippen molar-refractivity contribution in [3.05, 3.63) is 71.8 Å². The van der Waals surface area contributed by atoms with Crippen molar-refractivity contribution in [3.8, 4) is 0 Å². The van der Waals surface area contributed by atoms with Gasteiger partial charge in [0.25, 0.3) is 0 Å². The second kappa shape index (κ2) is 4.56. The molecule has 3 rings (SSSR count). The summed E-state index contributed by atoms with van der Waals surface area (Å²) in [6.07, 6.45) is 0.788. The van der Waals surface area contributed by atoms with E-state index in [1.165, 1.54) is 0 Å². The summed E-state index contributed by atoms with van der Waals surface area (Å²) < 4.78 is 5.29. The maximum absolute atomic E-state index is 11.1. The molecule has 2 heteroatoms. The van der Waals surface area contributed by atoms with Gasteiger partial charge in [-0.05, 0) is 11.1 Å². The molecule has 0 amide bonds. The van der Waals surface area contributed by atoms with E-state index < -0.39 is 5.60 Å². The normalized spacial score (nSPS) is 18.6. The van der Waals surface area contributed by atoms with Crippen LogP contribution >= 0.6 is 0 Å². The monoisotopic (exact) mass is 240 g/mol. The minimum Gasteiger partial charge on any atom is -0.380 e. The number of hydrogen-bond donors (Lipinski definition) is 1. The third-order valence-corrected chi connectivity index (χ3v) is 3.43. The Morgan fingerprint density at radius 2 is 1.39 bits per heavy atom. The zero-order valence-corrected chi connectivity index (χ0v) is 10.1. The predicted octanol–water partition coefficient (Wildman–Crippen LogP) is 2.71. The molecule has 0 aliphatic carbocycles. The van der Waals surface area contributed by atoms with Gasteiger partial charge in [0, 0.05) is 6.42 Å². The quantitative estimate of drug-likeness (QED) is 0.833. The third-order valence-electron chi connectivity index (χ3n) is 3.43. The Morgan fingerprint density at radius 3 is 1.78 bits per heavy atom. The van der Waals surface area contributed by atoms with Gasteiger partial charge in [0.05, 0.1) is 12.7 Å². The van der Waals surface area contributed by atoms with Crippen molar-refractivity contribution < 1.29 is 9.84 Å². The molecule has 1 aliphatic heterocycles. The predicted molar refractivity (Wildman–Crippen MR) is 70.2 cm³/mol. The first-order valence-corrected chi connectivity index (χ1v) is 6.24. The summed E-state index contributed by atoms with van der Waals surface area (Å²) in [7, 11) is 0. The minimum absolute atomic E-state index is 0.176. The fourth-order valence-electron chi connectivity index (χ4n) is 2.35. The molecule has 0 bridgehead atoms. The Kier molecular flexibility index (Phi) is 2.90. The molecule has 0 spiro atoms. The van der Waals surface area contributed by atoms with Crippen molar-refractivity contribution in [1.29, 1.82) is 0 Å². The zero-order valence-electron chi connectivity index (χ0n) is 10.1. The molecule has 0 saturated carbocycles. The molecule has 1 N–H and O–H groups in total. The van der Waals surface area contributed by atoms with Crippen molar-refractivity contribution in [2.45, 2.75) is 18.1 Å². The lowest BCUT2D eigenvalue weighted by atomic mass is 9.83. The van der Waals surface area contributed by atoms with Crippen molar-refractivity contribution >= 4 is 0 Å². The third kappa shape index (κ3) is 2.17. The van der Waals surface area contributed by atoms with Gasteiger partial charge in [-0.25, -0.2) is 0 Å². The van der Waals surface area contributed by atoms with Gasteiger partial charge in [-0.2, -0.15) is 0 Å². The van der Waals surface area contributed by atoms with E-state index in [1.807, 2.05) is 60.7 Å². The molecule has 92 valence electrons. The van der Waals surface area contributed by atoms with E-state index in [0.717, 1.165) is 17.7 Å². The fourth-order valence-corrected chi connectivity index (χ4v) is 2.35. The van der Waals surface area contributed by atoms with Crippen molar-refractivity contribution in [2.75, 3.05) is 6.61 Å². The lowest BCUT2D eigenvalue weighted by Crippen LogP contribution is -2.29. The summed E-state index contributed by atoms with van der Waals surface area (Å²) in [5.41, 5.74) is 0.891. The number of epoxide rings is 1. The average molecular weight is 240 g/mol. The highest BCUT2D eigenvalue weighted by Gasteiger charge is 2.38. The number of benzene rings is 2. The molecule has 1 aliphatic rings. The van der Waals surface area contributed by atoms with Crippen LogP contribution in [0.1, 0.15) is 17.5 Å². The highest BCUT2D eigenvalue weighted by Crippen LogP contribution is 2.37. The largest absolute Gasteiger partial charge is 0.380 e. The van der Waals surface area contributed by atoms with Crippen LogP contribution in [0.15, 0.2) is 60.7 Å². The Morgan fingerprint density at radius 1 is 0.944 bits per heavy atom. The number of rotatable bonds is 4. The van der Waals surface area contributed by atoms with Crippen molar-refractivity contribution in [2.24, 2.45) is 0 Å². The van der Waals surface area contributed by atoms with Crippen LogP contribution in [0.2, 0.25) is 0 Å². The molecule has 2 nitrogen and oxygen atoms in total. The summed E-state index contributed by atoms with van der Waals surface area (Å²) in [6, 6.07) is 19.6. The molecule has 1 unspecified atom stereocenters. The van der Waals surface area contributed by atoms with E-state index >= 15 is 0 Å². The van der Waals surface area contributed by atoms with Gasteiger partial charge in [0.15, 0.2) is 0 Å². The summed E-state index contributed by atoms with van der Waals surface area (Å²) in [5, 5.41) is 11.1. The van der Waals surface area contributed by atoms with Crippen LogP contribution in [0.5, 0.6) is 0 Å². The highest BCUT2D eigenvalue weighted by molar-refractivity contribution is 5.36. The van der Waals surface area contributed by atoms with Crippen LogP contribution < -0.4 is 0 Å². The van der Waals surface area contributed by atoms with Crippen LogP contribution in [-0.4, -0.2) is 17.8 Å². The van der Waals surface area contributed by atoms with Gasteiger partial charge in [-0.15, -0.1) is 0 Å². The van der Waals surface area contributed by atoms with Gasteiger partial charge < -0.3 is 9.84 Å². The summed E-state index contributed by atoms with van der Waals surface area (Å²) in [6.45, 7) is 0.752. The number of hydrogen-bond acceptors (Lipinski definition) is 2. The van der Waals surface area contributed by atoms with E-state index in [4.69, 9.17) is 4.74 Å². The van der Waals surface area contributed by atoms with Crippen molar-refractivity contribution in [1.82, 2.24) is 0 Å². The Labute approximate surface area is 107 Å². The molecule has 1 heterocycles. The molecule has 1 fully saturated rings. The molecule has 2 aromatic rings. The van der Waals surface area contributed by atoms with E-state index in [-0.39, 0.29) is 6.10 Å². The Bertz CT molecular complexity index is 464. The van der Waals surface area contributed by atoms with E-state index in [0.29, 0.717) is 6.42 Å². The van der Waals surface area contributed by atoms with Crippen LogP contribution in [0.25, 0.3) is 0 Å². The van der Waals surface area contributed by atoms with Gasteiger partial charge in [0.1, 0.15) is 5.60 Å². The molecule has 1 saturated heterocycles. The first-order valence-electron chi connectivity index (χ1n) is 6.24. The first-order chi connectivity index (χ1) is 8.79. The molecule has 18 heavy (non-hydrogen) atoms. The average Bonchev–Trinajstić information content (AvgIpc) is 3.24. The zero-order chi connectivity index (χ0) is 12.4. The number of aliphatic hydroxyl groups is 1. The van der Waals surface area contributed by atoms with Gasteiger partial charge in [-0.1, -0.05) is 60.7 Å². The summed E-state index contributed by atoms with van der Waals surface area (Å²) in [5.74, 6) is 0. The SMILES string of the molecule is OC(CC1CO1)(c1ccccc1)c1ccccc1. The topological polar surface area (TPSA) is 32.8 Å². The van der Waals surface area contributed by atoms with Gasteiger partial charge in [0.2, 0.25) is 0 Å². The smallest absolute Gasteiger partial charge is 0.117 e.